The lowest BCUT2D eigenvalue weighted by atomic mass is 10.1. The number of carbonyl (C=O) groups excluding carboxylic acids is 1. The Morgan fingerprint density at radius 1 is 0.907 bits per heavy atom. The number of nitrogens with zero attached hydrogens (tertiary/aromatic N) is 3. The summed E-state index contributed by atoms with van der Waals surface area (Å²) in [7, 11) is 0. The van der Waals surface area contributed by atoms with Crippen molar-refractivity contribution in [3.63, 3.8) is 0 Å². The second-order valence-corrected chi connectivity index (χ2v) is 9.92. The summed E-state index contributed by atoms with van der Waals surface area (Å²) in [6, 6.07) is 13.7. The summed E-state index contributed by atoms with van der Waals surface area (Å²) in [4.78, 5) is 13.3. The molecule has 0 radical (unpaired) electrons. The van der Waals surface area contributed by atoms with Gasteiger partial charge < -0.3 is 19.5 Å². The van der Waals surface area contributed by atoms with Gasteiger partial charge in [-0.25, -0.2) is 4.39 Å². The van der Waals surface area contributed by atoms with Gasteiger partial charge in [0.2, 0.25) is 5.75 Å². The summed E-state index contributed by atoms with van der Waals surface area (Å²) in [6.07, 6.45) is -4.46. The van der Waals surface area contributed by atoms with Crippen molar-refractivity contribution < 1.29 is 36.6 Å². The van der Waals surface area contributed by atoms with E-state index in [0.29, 0.717) is 59.3 Å². The van der Waals surface area contributed by atoms with Crippen LogP contribution in [0, 0.1) is 5.82 Å². The molecule has 3 aromatic carbocycles. The fourth-order valence-electron chi connectivity index (χ4n) is 4.12. The molecule has 4 aromatic rings. The van der Waals surface area contributed by atoms with Gasteiger partial charge in [-0.2, -0.15) is 13.2 Å². The number of hydrogen-bond acceptors (Lipinski definition) is 7. The van der Waals surface area contributed by atoms with Crippen LogP contribution in [0.5, 0.6) is 17.2 Å². The Morgan fingerprint density at radius 2 is 1.56 bits per heavy atom. The highest BCUT2D eigenvalue weighted by molar-refractivity contribution is 7.98. The number of thioether (sulfide) groups is 1. The van der Waals surface area contributed by atoms with E-state index in [1.807, 2.05) is 20.8 Å². The number of halogens is 4. The number of nitrogens with one attached hydrogen (secondary N) is 1. The van der Waals surface area contributed by atoms with E-state index in [-0.39, 0.29) is 17.9 Å². The molecule has 1 amide bonds. The minimum Gasteiger partial charge on any atom is -0.490 e. The average Bonchev–Trinajstić information content (AvgIpc) is 3.39. The predicted molar refractivity (Wildman–Crippen MR) is 153 cm³/mol. The van der Waals surface area contributed by atoms with Crippen LogP contribution in [0.1, 0.15) is 48.1 Å². The molecule has 13 heteroatoms. The number of hydrogen-bond donors (Lipinski definition) is 1. The highest BCUT2D eigenvalue weighted by Gasteiger charge is 2.30. The molecule has 8 nitrogen and oxygen atoms in total. The van der Waals surface area contributed by atoms with Gasteiger partial charge in [-0.05, 0) is 68.8 Å². The molecule has 0 unspecified atom stereocenters. The maximum Gasteiger partial charge on any atom is 0.416 e. The van der Waals surface area contributed by atoms with Crippen LogP contribution in [-0.4, -0.2) is 40.5 Å². The third kappa shape index (κ3) is 7.98. The predicted octanol–water partition coefficient (Wildman–Crippen LogP) is 6.84. The third-order valence-electron chi connectivity index (χ3n) is 5.99. The van der Waals surface area contributed by atoms with E-state index in [9.17, 15) is 22.4 Å². The normalized spacial score (nSPS) is 11.3. The number of ether oxygens (including phenoxy) is 3. The number of rotatable bonds is 13. The van der Waals surface area contributed by atoms with Crippen molar-refractivity contribution in [2.24, 2.45) is 0 Å². The molecule has 0 fully saturated rings. The second-order valence-electron chi connectivity index (χ2n) is 8.98. The summed E-state index contributed by atoms with van der Waals surface area (Å²) in [5, 5.41) is 11.6. The minimum atomic E-state index is -4.46. The molecule has 0 saturated heterocycles. The first kappa shape index (κ1) is 31.7. The quantitative estimate of drug-likeness (QED) is 0.130. The van der Waals surface area contributed by atoms with Crippen LogP contribution >= 0.6 is 11.8 Å². The van der Waals surface area contributed by atoms with Crippen molar-refractivity contribution >= 4 is 17.7 Å². The molecule has 0 spiro atoms. The molecule has 0 saturated carbocycles. The van der Waals surface area contributed by atoms with Crippen molar-refractivity contribution in [1.29, 1.82) is 0 Å². The Bertz CT molecular complexity index is 1520. The van der Waals surface area contributed by atoms with Gasteiger partial charge in [-0.1, -0.05) is 30.0 Å². The lowest BCUT2D eigenvalue weighted by Gasteiger charge is -2.17. The summed E-state index contributed by atoms with van der Waals surface area (Å²) in [5.41, 5.74) is 0.472. The third-order valence-corrected chi connectivity index (χ3v) is 6.99. The van der Waals surface area contributed by atoms with Crippen molar-refractivity contribution in [2.45, 2.75) is 44.4 Å². The minimum absolute atomic E-state index is 0.0610. The Kier molecular flexibility index (Phi) is 10.5. The van der Waals surface area contributed by atoms with E-state index in [4.69, 9.17) is 14.2 Å². The molecule has 228 valence electrons. The average molecular weight is 619 g/mol. The SMILES string of the molecule is CCOc1cc(C(=O)NCc2nnc(SCc3cccc(C(F)(F)F)c3)n2-c2ccc(F)cc2)cc(OCC)c1OCC. The fourth-order valence-corrected chi connectivity index (χ4v) is 5.04. The molecule has 1 N–H and O–H groups in total. The molecule has 0 aliphatic heterocycles. The second kappa shape index (κ2) is 14.3. The first-order valence-corrected chi connectivity index (χ1v) is 14.5. The molecular formula is C30H30F4N4O4S. The van der Waals surface area contributed by atoms with Gasteiger partial charge in [0.25, 0.3) is 5.91 Å². The molecular weight excluding hydrogens is 588 g/mol. The lowest BCUT2D eigenvalue weighted by Crippen LogP contribution is -2.25. The number of alkyl halides is 3. The van der Waals surface area contributed by atoms with E-state index in [1.54, 1.807) is 22.8 Å². The van der Waals surface area contributed by atoms with Crippen LogP contribution in [0.4, 0.5) is 17.6 Å². The topological polar surface area (TPSA) is 87.5 Å². The molecule has 0 aliphatic carbocycles. The van der Waals surface area contributed by atoms with Crippen LogP contribution in [0.2, 0.25) is 0 Å². The van der Waals surface area contributed by atoms with Gasteiger partial charge in [0.1, 0.15) is 5.82 Å². The molecule has 0 atom stereocenters. The number of amides is 1. The van der Waals surface area contributed by atoms with Crippen LogP contribution in [0.25, 0.3) is 5.69 Å². The maximum absolute atomic E-state index is 13.7. The highest BCUT2D eigenvalue weighted by atomic mass is 32.2. The zero-order chi connectivity index (χ0) is 31.0. The van der Waals surface area contributed by atoms with Gasteiger partial charge in [0.15, 0.2) is 22.5 Å². The van der Waals surface area contributed by atoms with E-state index in [2.05, 4.69) is 15.5 Å². The Hall–Kier alpha value is -4.26. The van der Waals surface area contributed by atoms with E-state index >= 15 is 0 Å². The highest BCUT2D eigenvalue weighted by Crippen LogP contribution is 2.39. The van der Waals surface area contributed by atoms with Crippen molar-refractivity contribution in [1.82, 2.24) is 20.1 Å². The van der Waals surface area contributed by atoms with Gasteiger partial charge in [-0.15, -0.1) is 10.2 Å². The summed E-state index contributed by atoms with van der Waals surface area (Å²) < 4.78 is 72.0. The van der Waals surface area contributed by atoms with Gasteiger partial charge in [0, 0.05) is 17.0 Å². The Morgan fingerprint density at radius 3 is 2.16 bits per heavy atom. The zero-order valence-corrected chi connectivity index (χ0v) is 24.5. The number of aromatic nitrogens is 3. The monoisotopic (exact) mass is 618 g/mol. The Balaban J connectivity index is 1.59. The molecule has 1 heterocycles. The van der Waals surface area contributed by atoms with Crippen LogP contribution in [0.15, 0.2) is 65.8 Å². The van der Waals surface area contributed by atoms with Crippen molar-refractivity contribution in [3.8, 4) is 22.9 Å². The Labute approximate surface area is 250 Å². The fraction of sp³-hybridized carbons (Fsp3) is 0.300. The van der Waals surface area contributed by atoms with E-state index in [0.717, 1.165) is 23.9 Å². The lowest BCUT2D eigenvalue weighted by molar-refractivity contribution is -0.137. The molecule has 0 bridgehead atoms. The summed E-state index contributed by atoms with van der Waals surface area (Å²) in [5.74, 6) is 0.731. The van der Waals surface area contributed by atoms with Gasteiger partial charge in [0.05, 0.1) is 31.9 Å². The number of benzene rings is 3. The molecule has 4 rings (SSSR count). The first-order chi connectivity index (χ1) is 20.6. The maximum atomic E-state index is 13.7. The number of carbonyl (C=O) groups is 1. The summed E-state index contributed by atoms with van der Waals surface area (Å²) >= 11 is 1.16. The van der Waals surface area contributed by atoms with Crippen LogP contribution in [-0.2, 0) is 18.5 Å². The molecule has 0 aliphatic rings. The largest absolute Gasteiger partial charge is 0.490 e. The van der Waals surface area contributed by atoms with Crippen molar-refractivity contribution in [3.05, 3.63) is 89.0 Å². The van der Waals surface area contributed by atoms with Crippen LogP contribution < -0.4 is 19.5 Å². The van der Waals surface area contributed by atoms with E-state index in [1.165, 1.54) is 30.3 Å². The molecule has 1 aromatic heterocycles. The van der Waals surface area contributed by atoms with E-state index < -0.39 is 23.5 Å². The standard InChI is InChI=1S/C30H30F4N4O4S/c1-4-40-24-15-20(16-25(41-5-2)27(24)42-6-3)28(39)35-17-26-36-37-29(38(26)23-12-10-22(31)11-13-23)43-18-19-8-7-9-21(14-19)30(32,33)34/h7-16H,4-6,17-18H2,1-3H3,(H,35,39). The smallest absolute Gasteiger partial charge is 0.416 e. The van der Waals surface area contributed by atoms with Crippen molar-refractivity contribution in [2.75, 3.05) is 19.8 Å². The first-order valence-electron chi connectivity index (χ1n) is 13.5. The van der Waals surface area contributed by atoms with Crippen LogP contribution in [0.3, 0.4) is 0 Å². The summed E-state index contributed by atoms with van der Waals surface area (Å²) in [6.45, 7) is 6.46. The zero-order valence-electron chi connectivity index (χ0n) is 23.7. The van der Waals surface area contributed by atoms with Gasteiger partial charge >= 0.3 is 6.18 Å². The molecule has 43 heavy (non-hydrogen) atoms. The van der Waals surface area contributed by atoms with Gasteiger partial charge in [-0.3, -0.25) is 9.36 Å².